The second-order valence-corrected chi connectivity index (χ2v) is 6.41. The fourth-order valence-electron chi connectivity index (χ4n) is 2.77. The van der Waals surface area contributed by atoms with Crippen LogP contribution >= 0.6 is 11.6 Å². The fraction of sp³-hybridized carbons (Fsp3) is 0.105. The number of nitrogens with zero attached hydrogens (tertiary/aromatic N) is 3. The van der Waals surface area contributed by atoms with Gasteiger partial charge >= 0.3 is 0 Å². The number of aromatic amines is 1. The Balaban J connectivity index is 1.66. The van der Waals surface area contributed by atoms with Gasteiger partial charge in [-0.25, -0.2) is 4.98 Å². The molecule has 0 spiro atoms. The summed E-state index contributed by atoms with van der Waals surface area (Å²) in [5, 5.41) is 6.88. The molecule has 0 bridgehead atoms. The third kappa shape index (κ3) is 3.19. The summed E-state index contributed by atoms with van der Waals surface area (Å²) in [4.78, 5) is 21.4. The number of anilines is 1. The summed E-state index contributed by atoms with van der Waals surface area (Å²) in [7, 11) is 0. The lowest BCUT2D eigenvalue weighted by molar-refractivity contribution is 0.878. The molecule has 0 aliphatic rings. The van der Waals surface area contributed by atoms with Gasteiger partial charge in [0.25, 0.3) is 11.3 Å². The standard InChI is InChI=1S/C19H16ClN5O/c1-12-5-2-3-8-16(12)18-23-19-22-15(10-17(26)25(19)24-18)11-21-14-7-4-6-13(20)9-14/h2-10,21H,11H2,1H3,(H,22,23,24). The maximum Gasteiger partial charge on any atom is 0.274 e. The summed E-state index contributed by atoms with van der Waals surface area (Å²) in [5.41, 5.74) is 3.28. The minimum absolute atomic E-state index is 0.203. The first-order valence-electron chi connectivity index (χ1n) is 8.14. The highest BCUT2D eigenvalue weighted by Gasteiger charge is 2.11. The lowest BCUT2D eigenvalue weighted by Crippen LogP contribution is -2.17. The van der Waals surface area contributed by atoms with E-state index in [4.69, 9.17) is 11.6 Å². The highest BCUT2D eigenvalue weighted by Crippen LogP contribution is 2.19. The van der Waals surface area contributed by atoms with Crippen LogP contribution in [-0.2, 0) is 6.54 Å². The van der Waals surface area contributed by atoms with Gasteiger partial charge in [0, 0.05) is 22.3 Å². The SMILES string of the molecule is Cc1ccccc1-c1nc2nc(CNc3cccc(Cl)c3)cc(=O)n2[nH]1. The van der Waals surface area contributed by atoms with Crippen molar-refractivity contribution in [3.05, 3.63) is 81.2 Å². The van der Waals surface area contributed by atoms with E-state index < -0.39 is 0 Å². The summed E-state index contributed by atoms with van der Waals surface area (Å²) in [6, 6.07) is 16.7. The number of hydrogen-bond donors (Lipinski definition) is 2. The number of H-pyrrole nitrogens is 1. The van der Waals surface area contributed by atoms with Crippen LogP contribution in [0.5, 0.6) is 0 Å². The van der Waals surface area contributed by atoms with Crippen molar-refractivity contribution in [2.75, 3.05) is 5.32 Å². The molecular formula is C19H16ClN5O. The summed E-state index contributed by atoms with van der Waals surface area (Å²) in [5.74, 6) is 0.964. The Bertz CT molecular complexity index is 1150. The van der Waals surface area contributed by atoms with Crippen molar-refractivity contribution in [2.24, 2.45) is 0 Å². The second-order valence-electron chi connectivity index (χ2n) is 5.97. The molecule has 6 nitrogen and oxygen atoms in total. The molecule has 26 heavy (non-hydrogen) atoms. The van der Waals surface area contributed by atoms with Crippen molar-refractivity contribution in [3.63, 3.8) is 0 Å². The summed E-state index contributed by atoms with van der Waals surface area (Å²) < 4.78 is 1.35. The van der Waals surface area contributed by atoms with Gasteiger partial charge in [0.05, 0.1) is 12.2 Å². The van der Waals surface area contributed by atoms with Crippen LogP contribution in [0.25, 0.3) is 17.2 Å². The van der Waals surface area contributed by atoms with E-state index in [1.807, 2.05) is 49.4 Å². The molecule has 0 aliphatic carbocycles. The topological polar surface area (TPSA) is 75.1 Å². The van der Waals surface area contributed by atoms with Crippen LogP contribution in [0.1, 0.15) is 11.3 Å². The molecule has 0 fully saturated rings. The van der Waals surface area contributed by atoms with Gasteiger partial charge in [0.2, 0.25) is 0 Å². The molecule has 4 aromatic rings. The highest BCUT2D eigenvalue weighted by atomic mass is 35.5. The van der Waals surface area contributed by atoms with Gasteiger partial charge in [-0.1, -0.05) is 41.9 Å². The van der Waals surface area contributed by atoms with Crippen molar-refractivity contribution in [2.45, 2.75) is 13.5 Å². The van der Waals surface area contributed by atoms with E-state index in [1.54, 1.807) is 6.07 Å². The highest BCUT2D eigenvalue weighted by molar-refractivity contribution is 6.30. The van der Waals surface area contributed by atoms with Crippen molar-refractivity contribution >= 4 is 23.1 Å². The van der Waals surface area contributed by atoms with Gasteiger partial charge < -0.3 is 5.32 Å². The molecule has 2 aromatic carbocycles. The van der Waals surface area contributed by atoms with Gasteiger partial charge in [-0.3, -0.25) is 9.89 Å². The van der Waals surface area contributed by atoms with Crippen LogP contribution in [0.2, 0.25) is 5.02 Å². The molecular weight excluding hydrogens is 350 g/mol. The van der Waals surface area contributed by atoms with Gasteiger partial charge in [0.15, 0.2) is 5.82 Å². The minimum Gasteiger partial charge on any atom is -0.379 e. The number of rotatable bonds is 4. The molecule has 0 saturated carbocycles. The summed E-state index contributed by atoms with van der Waals surface area (Å²) >= 11 is 5.98. The first kappa shape index (κ1) is 16.4. The number of nitrogens with one attached hydrogen (secondary N) is 2. The molecule has 2 heterocycles. The van der Waals surface area contributed by atoms with Crippen molar-refractivity contribution in [1.29, 1.82) is 0 Å². The molecule has 2 N–H and O–H groups in total. The summed E-state index contributed by atoms with van der Waals surface area (Å²) in [6.45, 7) is 2.40. The molecule has 0 aliphatic heterocycles. The first-order valence-corrected chi connectivity index (χ1v) is 8.52. The van der Waals surface area contributed by atoms with Crippen molar-refractivity contribution < 1.29 is 0 Å². The normalized spacial score (nSPS) is 11.0. The van der Waals surface area contributed by atoms with E-state index in [0.29, 0.717) is 28.9 Å². The Morgan fingerprint density at radius 3 is 2.77 bits per heavy atom. The average molecular weight is 366 g/mol. The lowest BCUT2D eigenvalue weighted by atomic mass is 10.1. The van der Waals surface area contributed by atoms with Crippen LogP contribution < -0.4 is 10.9 Å². The number of hydrogen-bond acceptors (Lipinski definition) is 4. The van der Waals surface area contributed by atoms with Crippen molar-refractivity contribution in [1.82, 2.24) is 19.6 Å². The minimum atomic E-state index is -0.203. The Labute approximate surface area is 154 Å². The smallest absolute Gasteiger partial charge is 0.274 e. The lowest BCUT2D eigenvalue weighted by Gasteiger charge is -2.05. The molecule has 0 saturated heterocycles. The monoisotopic (exact) mass is 365 g/mol. The van der Waals surface area contributed by atoms with Gasteiger partial charge in [-0.2, -0.15) is 9.50 Å². The maximum atomic E-state index is 12.4. The third-order valence-electron chi connectivity index (χ3n) is 4.08. The van der Waals surface area contributed by atoms with Crippen LogP contribution in [0.4, 0.5) is 5.69 Å². The predicted octanol–water partition coefficient (Wildman–Crippen LogP) is 3.66. The fourth-order valence-corrected chi connectivity index (χ4v) is 2.96. The number of halogens is 1. The van der Waals surface area contributed by atoms with Crippen molar-refractivity contribution in [3.8, 4) is 11.4 Å². The number of benzene rings is 2. The van der Waals surface area contributed by atoms with Gasteiger partial charge in [-0.15, -0.1) is 0 Å². The van der Waals surface area contributed by atoms with Crippen LogP contribution in [0, 0.1) is 6.92 Å². The second kappa shape index (κ2) is 6.65. The Morgan fingerprint density at radius 2 is 1.96 bits per heavy atom. The van der Waals surface area contributed by atoms with E-state index in [-0.39, 0.29) is 5.56 Å². The molecule has 2 aromatic heterocycles. The molecule has 130 valence electrons. The van der Waals surface area contributed by atoms with Gasteiger partial charge in [-0.05, 0) is 30.7 Å². The van der Waals surface area contributed by atoms with E-state index >= 15 is 0 Å². The van der Waals surface area contributed by atoms with Crippen LogP contribution in [-0.4, -0.2) is 19.6 Å². The van der Waals surface area contributed by atoms with E-state index in [2.05, 4.69) is 20.4 Å². The zero-order valence-corrected chi connectivity index (χ0v) is 14.8. The molecule has 0 unspecified atom stereocenters. The zero-order valence-electron chi connectivity index (χ0n) is 14.0. The van der Waals surface area contributed by atoms with Gasteiger partial charge in [0.1, 0.15) is 0 Å². The molecule has 7 heteroatoms. The van der Waals surface area contributed by atoms with Crippen LogP contribution in [0.3, 0.4) is 0 Å². The predicted molar refractivity (Wildman–Crippen MR) is 103 cm³/mol. The Kier molecular flexibility index (Phi) is 4.18. The Morgan fingerprint density at radius 1 is 1.12 bits per heavy atom. The average Bonchev–Trinajstić information content (AvgIpc) is 3.05. The van der Waals surface area contributed by atoms with E-state index in [0.717, 1.165) is 16.8 Å². The largest absolute Gasteiger partial charge is 0.379 e. The number of fused-ring (bicyclic) bond motifs is 1. The molecule has 4 rings (SSSR count). The maximum absolute atomic E-state index is 12.4. The zero-order chi connectivity index (χ0) is 18.1. The molecule has 0 amide bonds. The molecule has 0 atom stereocenters. The number of aromatic nitrogens is 4. The third-order valence-corrected chi connectivity index (χ3v) is 4.32. The van der Waals surface area contributed by atoms with E-state index in [9.17, 15) is 4.79 Å². The number of aryl methyl sites for hydroxylation is 1. The Hall–Kier alpha value is -3.12. The summed E-state index contributed by atoms with van der Waals surface area (Å²) in [6.07, 6.45) is 0. The molecule has 0 radical (unpaired) electrons. The quantitative estimate of drug-likeness (QED) is 0.578. The van der Waals surface area contributed by atoms with Crippen LogP contribution in [0.15, 0.2) is 59.4 Å². The first-order chi connectivity index (χ1) is 12.6. The van der Waals surface area contributed by atoms with E-state index in [1.165, 1.54) is 10.6 Å².